The molecule has 1 aromatic heterocycles. The van der Waals surface area contributed by atoms with Crippen molar-refractivity contribution in [2.45, 2.75) is 40.0 Å². The van der Waals surface area contributed by atoms with Gasteiger partial charge in [0.05, 0.1) is 13.2 Å². The van der Waals surface area contributed by atoms with Gasteiger partial charge in [-0.25, -0.2) is 4.79 Å². The van der Waals surface area contributed by atoms with E-state index in [1.165, 1.54) is 0 Å². The van der Waals surface area contributed by atoms with Gasteiger partial charge in [-0.3, -0.25) is 9.78 Å². The Morgan fingerprint density at radius 2 is 1.83 bits per heavy atom. The third-order valence-corrected chi connectivity index (χ3v) is 3.70. The Morgan fingerprint density at radius 3 is 2.50 bits per heavy atom. The summed E-state index contributed by atoms with van der Waals surface area (Å²) in [5.41, 5.74) is 1.18. The number of nitrogens with one attached hydrogen (secondary N) is 2. The highest BCUT2D eigenvalue weighted by atomic mass is 16.5. The van der Waals surface area contributed by atoms with Crippen LogP contribution in [0.25, 0.3) is 0 Å². The molecule has 6 heteroatoms. The van der Waals surface area contributed by atoms with Gasteiger partial charge in [0.15, 0.2) is 11.5 Å². The number of hydrogen-bond donors (Lipinski definition) is 2. The third-order valence-electron chi connectivity index (χ3n) is 3.70. The normalized spacial score (nSPS) is 10.6. The van der Waals surface area contributed by atoms with E-state index >= 15 is 0 Å². The molecule has 0 saturated heterocycles. The highest BCUT2D eigenvalue weighted by molar-refractivity contribution is 5.44. The van der Waals surface area contributed by atoms with Crippen LogP contribution in [-0.4, -0.2) is 23.2 Å². The van der Waals surface area contributed by atoms with E-state index in [1.807, 2.05) is 25.1 Å². The summed E-state index contributed by atoms with van der Waals surface area (Å²) >= 11 is 0. The van der Waals surface area contributed by atoms with Gasteiger partial charge < -0.3 is 14.5 Å². The number of hydrogen-bond acceptors (Lipinski definition) is 4. The van der Waals surface area contributed by atoms with Gasteiger partial charge in [0, 0.05) is 17.7 Å². The van der Waals surface area contributed by atoms with E-state index in [0.717, 1.165) is 18.4 Å². The smallest absolute Gasteiger partial charge is 0.325 e. The molecule has 0 saturated carbocycles. The van der Waals surface area contributed by atoms with Crippen LogP contribution >= 0.6 is 0 Å². The molecule has 0 radical (unpaired) electrons. The van der Waals surface area contributed by atoms with Crippen LogP contribution in [0.15, 0.2) is 27.8 Å². The SMILES string of the molecule is CCCCOc1ccc(Cc2c(C)[nH]c(=O)[nH]c2=O)cc1OCC. The van der Waals surface area contributed by atoms with Gasteiger partial charge in [0.25, 0.3) is 5.56 Å². The second kappa shape index (κ2) is 8.38. The number of H-pyrrole nitrogens is 2. The van der Waals surface area contributed by atoms with E-state index < -0.39 is 5.69 Å². The van der Waals surface area contributed by atoms with E-state index in [0.29, 0.717) is 42.4 Å². The first-order valence-corrected chi connectivity index (χ1v) is 8.25. The monoisotopic (exact) mass is 332 g/mol. The molecule has 2 N–H and O–H groups in total. The summed E-state index contributed by atoms with van der Waals surface area (Å²) in [6.45, 7) is 6.93. The van der Waals surface area contributed by atoms with Gasteiger partial charge >= 0.3 is 5.69 Å². The Labute approximate surface area is 140 Å². The van der Waals surface area contributed by atoms with Crippen LogP contribution in [0.5, 0.6) is 11.5 Å². The van der Waals surface area contributed by atoms with E-state index in [9.17, 15) is 9.59 Å². The number of aryl methyl sites for hydroxylation is 1. The molecule has 0 aliphatic rings. The lowest BCUT2D eigenvalue weighted by molar-refractivity contribution is 0.272. The Hall–Kier alpha value is -2.50. The molecule has 0 unspecified atom stereocenters. The molecule has 0 aliphatic carbocycles. The van der Waals surface area contributed by atoms with Crippen molar-refractivity contribution in [1.29, 1.82) is 0 Å². The van der Waals surface area contributed by atoms with Crippen LogP contribution < -0.4 is 20.7 Å². The number of benzene rings is 1. The summed E-state index contributed by atoms with van der Waals surface area (Å²) in [5.74, 6) is 1.38. The van der Waals surface area contributed by atoms with Crippen molar-refractivity contribution in [3.8, 4) is 11.5 Å². The molecule has 0 spiro atoms. The molecule has 130 valence electrons. The molecule has 1 heterocycles. The molecular formula is C18H24N2O4. The molecule has 0 aliphatic heterocycles. The standard InChI is InChI=1S/C18H24N2O4/c1-4-6-9-24-15-8-7-13(11-16(15)23-5-2)10-14-12(3)19-18(22)20-17(14)21/h7-8,11H,4-6,9-10H2,1-3H3,(H2,19,20,21,22). The van der Waals surface area contributed by atoms with Crippen molar-refractivity contribution in [2.75, 3.05) is 13.2 Å². The fourth-order valence-corrected chi connectivity index (χ4v) is 2.42. The van der Waals surface area contributed by atoms with Crippen LogP contribution in [-0.2, 0) is 6.42 Å². The molecule has 0 fully saturated rings. The molecule has 0 amide bonds. The van der Waals surface area contributed by atoms with E-state index in [1.54, 1.807) is 6.92 Å². The van der Waals surface area contributed by atoms with E-state index in [2.05, 4.69) is 16.9 Å². The van der Waals surface area contributed by atoms with Gasteiger partial charge in [-0.05, 0) is 38.0 Å². The molecule has 24 heavy (non-hydrogen) atoms. The van der Waals surface area contributed by atoms with Crippen molar-refractivity contribution in [3.05, 3.63) is 55.9 Å². The lowest BCUT2D eigenvalue weighted by Gasteiger charge is -2.13. The fraction of sp³-hybridized carbons (Fsp3) is 0.444. The molecule has 6 nitrogen and oxygen atoms in total. The predicted molar refractivity (Wildman–Crippen MR) is 93.2 cm³/mol. The number of rotatable bonds is 8. The Balaban J connectivity index is 2.27. The van der Waals surface area contributed by atoms with Crippen LogP contribution in [0.2, 0.25) is 0 Å². The zero-order valence-electron chi connectivity index (χ0n) is 14.4. The average Bonchev–Trinajstić information content (AvgIpc) is 2.53. The lowest BCUT2D eigenvalue weighted by Crippen LogP contribution is -2.27. The summed E-state index contributed by atoms with van der Waals surface area (Å²) in [5, 5.41) is 0. The first-order chi connectivity index (χ1) is 11.5. The van der Waals surface area contributed by atoms with Gasteiger partial charge in [0.1, 0.15) is 0 Å². The maximum Gasteiger partial charge on any atom is 0.325 e. The third kappa shape index (κ3) is 4.50. The van der Waals surface area contributed by atoms with E-state index in [4.69, 9.17) is 9.47 Å². The number of ether oxygens (including phenoxy) is 2. The molecule has 2 aromatic rings. The van der Waals surface area contributed by atoms with Gasteiger partial charge in [-0.15, -0.1) is 0 Å². The highest BCUT2D eigenvalue weighted by Gasteiger charge is 2.11. The quantitative estimate of drug-likeness (QED) is 0.728. The minimum atomic E-state index is -0.490. The number of aromatic amines is 2. The molecule has 1 aromatic carbocycles. The van der Waals surface area contributed by atoms with Crippen LogP contribution in [0, 0.1) is 6.92 Å². The van der Waals surface area contributed by atoms with Crippen molar-refractivity contribution in [3.63, 3.8) is 0 Å². The summed E-state index contributed by atoms with van der Waals surface area (Å²) in [6, 6.07) is 5.66. The summed E-state index contributed by atoms with van der Waals surface area (Å²) in [4.78, 5) is 28.1. The van der Waals surface area contributed by atoms with E-state index in [-0.39, 0.29) is 5.56 Å². The van der Waals surface area contributed by atoms with Gasteiger partial charge in [-0.2, -0.15) is 0 Å². The highest BCUT2D eigenvalue weighted by Crippen LogP contribution is 2.29. The summed E-state index contributed by atoms with van der Waals surface area (Å²) in [7, 11) is 0. The zero-order chi connectivity index (χ0) is 17.5. The van der Waals surface area contributed by atoms with Gasteiger partial charge in [-0.1, -0.05) is 19.4 Å². The minimum Gasteiger partial charge on any atom is -0.490 e. The van der Waals surface area contributed by atoms with Crippen LogP contribution in [0.4, 0.5) is 0 Å². The lowest BCUT2D eigenvalue weighted by atomic mass is 10.0. The molecule has 0 bridgehead atoms. The Morgan fingerprint density at radius 1 is 1.04 bits per heavy atom. The van der Waals surface area contributed by atoms with Crippen LogP contribution in [0.3, 0.4) is 0 Å². The average molecular weight is 332 g/mol. The van der Waals surface area contributed by atoms with Crippen LogP contribution in [0.1, 0.15) is 43.5 Å². The number of unbranched alkanes of at least 4 members (excludes halogenated alkanes) is 1. The fourth-order valence-electron chi connectivity index (χ4n) is 2.42. The number of aromatic nitrogens is 2. The molecule has 2 rings (SSSR count). The molecule has 0 atom stereocenters. The van der Waals surface area contributed by atoms with Crippen molar-refractivity contribution in [1.82, 2.24) is 9.97 Å². The Kier molecular flexibility index (Phi) is 6.23. The predicted octanol–water partition coefficient (Wildman–Crippen LogP) is 2.54. The first-order valence-electron chi connectivity index (χ1n) is 8.25. The maximum absolute atomic E-state index is 12.0. The summed E-state index contributed by atoms with van der Waals surface area (Å²) in [6.07, 6.45) is 2.46. The zero-order valence-corrected chi connectivity index (χ0v) is 14.4. The van der Waals surface area contributed by atoms with Crippen molar-refractivity contribution < 1.29 is 9.47 Å². The minimum absolute atomic E-state index is 0.363. The van der Waals surface area contributed by atoms with Crippen molar-refractivity contribution >= 4 is 0 Å². The second-order valence-electron chi connectivity index (χ2n) is 5.60. The molecular weight excluding hydrogens is 308 g/mol. The first kappa shape index (κ1) is 17.8. The summed E-state index contributed by atoms with van der Waals surface area (Å²) < 4.78 is 11.4. The van der Waals surface area contributed by atoms with Gasteiger partial charge in [0.2, 0.25) is 0 Å². The second-order valence-corrected chi connectivity index (χ2v) is 5.60. The largest absolute Gasteiger partial charge is 0.490 e. The maximum atomic E-state index is 12.0. The Bertz CT molecular complexity index is 792. The van der Waals surface area contributed by atoms with Crippen molar-refractivity contribution in [2.24, 2.45) is 0 Å². The topological polar surface area (TPSA) is 84.2 Å².